The fourth-order valence-corrected chi connectivity index (χ4v) is 2.88. The van der Waals surface area contributed by atoms with Crippen molar-refractivity contribution in [3.63, 3.8) is 0 Å². The number of rotatable bonds is 3. The Kier molecular flexibility index (Phi) is 4.78. The Morgan fingerprint density at radius 1 is 1.56 bits per heavy atom. The molecule has 1 aliphatic rings. The zero-order valence-corrected chi connectivity index (χ0v) is 12.2. The standard InChI is InChI=1S/C14H19BrN2O/c1-17-7-3-4-11(10-17)8-14(18)16-13-6-2-5-12(15)9-13/h2,5-6,9,11H,3-4,7-8,10H2,1H3,(H,16,18). The summed E-state index contributed by atoms with van der Waals surface area (Å²) in [4.78, 5) is 14.3. The molecule has 0 spiro atoms. The quantitative estimate of drug-likeness (QED) is 0.930. The van der Waals surface area contributed by atoms with Crippen LogP contribution < -0.4 is 5.32 Å². The highest BCUT2D eigenvalue weighted by Crippen LogP contribution is 2.20. The van der Waals surface area contributed by atoms with E-state index in [4.69, 9.17) is 0 Å². The Balaban J connectivity index is 1.85. The summed E-state index contributed by atoms with van der Waals surface area (Å²) in [6, 6.07) is 7.71. The van der Waals surface area contributed by atoms with Crippen molar-refractivity contribution in [1.29, 1.82) is 0 Å². The lowest BCUT2D eigenvalue weighted by Crippen LogP contribution is -2.34. The Labute approximate surface area is 117 Å². The van der Waals surface area contributed by atoms with Gasteiger partial charge in [-0.2, -0.15) is 0 Å². The minimum Gasteiger partial charge on any atom is -0.326 e. The normalized spacial score (nSPS) is 20.7. The topological polar surface area (TPSA) is 32.3 Å². The minimum absolute atomic E-state index is 0.119. The summed E-state index contributed by atoms with van der Waals surface area (Å²) in [5, 5.41) is 2.96. The lowest BCUT2D eigenvalue weighted by Gasteiger charge is -2.29. The second-order valence-corrected chi connectivity index (χ2v) is 5.95. The molecule has 1 unspecified atom stereocenters. The average molecular weight is 311 g/mol. The first-order valence-electron chi connectivity index (χ1n) is 6.37. The van der Waals surface area contributed by atoms with E-state index in [2.05, 4.69) is 33.2 Å². The lowest BCUT2D eigenvalue weighted by molar-refractivity contribution is -0.117. The number of halogens is 1. The van der Waals surface area contributed by atoms with Gasteiger partial charge in [0, 0.05) is 23.1 Å². The van der Waals surface area contributed by atoms with Gasteiger partial charge in [0.15, 0.2) is 0 Å². The number of anilines is 1. The molecular formula is C14H19BrN2O. The molecule has 0 radical (unpaired) electrons. The van der Waals surface area contributed by atoms with Crippen molar-refractivity contribution in [2.24, 2.45) is 5.92 Å². The largest absolute Gasteiger partial charge is 0.326 e. The third kappa shape index (κ3) is 4.10. The maximum Gasteiger partial charge on any atom is 0.224 e. The fraction of sp³-hybridized carbons (Fsp3) is 0.500. The smallest absolute Gasteiger partial charge is 0.224 e. The van der Waals surface area contributed by atoms with E-state index in [0.29, 0.717) is 12.3 Å². The molecule has 1 N–H and O–H groups in total. The molecule has 2 rings (SSSR count). The molecule has 1 heterocycles. The van der Waals surface area contributed by atoms with Crippen molar-refractivity contribution in [3.05, 3.63) is 28.7 Å². The van der Waals surface area contributed by atoms with E-state index in [1.807, 2.05) is 24.3 Å². The summed E-state index contributed by atoms with van der Waals surface area (Å²) in [5.41, 5.74) is 0.860. The molecule has 1 saturated heterocycles. The van der Waals surface area contributed by atoms with Crippen LogP contribution in [0.25, 0.3) is 0 Å². The van der Waals surface area contributed by atoms with Crippen LogP contribution in [0.3, 0.4) is 0 Å². The maximum absolute atomic E-state index is 12.0. The van der Waals surface area contributed by atoms with E-state index in [9.17, 15) is 4.79 Å². The number of amides is 1. The minimum atomic E-state index is 0.119. The van der Waals surface area contributed by atoms with Gasteiger partial charge in [0.05, 0.1) is 0 Å². The number of nitrogens with one attached hydrogen (secondary N) is 1. The molecule has 0 saturated carbocycles. The first-order valence-corrected chi connectivity index (χ1v) is 7.17. The highest BCUT2D eigenvalue weighted by Gasteiger charge is 2.19. The molecule has 1 aromatic rings. The summed E-state index contributed by atoms with van der Waals surface area (Å²) in [6.07, 6.45) is 2.98. The molecule has 18 heavy (non-hydrogen) atoms. The highest BCUT2D eigenvalue weighted by molar-refractivity contribution is 9.10. The Morgan fingerprint density at radius 2 is 2.39 bits per heavy atom. The van der Waals surface area contributed by atoms with Gasteiger partial charge in [-0.05, 0) is 50.6 Å². The van der Waals surface area contributed by atoms with Crippen molar-refractivity contribution in [2.45, 2.75) is 19.3 Å². The molecule has 1 aromatic carbocycles. The van der Waals surface area contributed by atoms with Crippen LogP contribution >= 0.6 is 15.9 Å². The van der Waals surface area contributed by atoms with Crippen LogP contribution in [0.15, 0.2) is 28.7 Å². The first-order chi connectivity index (χ1) is 8.63. The molecule has 1 amide bonds. The van der Waals surface area contributed by atoms with Gasteiger partial charge in [-0.15, -0.1) is 0 Å². The first kappa shape index (κ1) is 13.6. The molecule has 0 aromatic heterocycles. The Hall–Kier alpha value is -0.870. The number of carbonyl (C=O) groups is 1. The van der Waals surface area contributed by atoms with Gasteiger partial charge in [-0.1, -0.05) is 22.0 Å². The van der Waals surface area contributed by atoms with E-state index >= 15 is 0 Å². The summed E-state index contributed by atoms with van der Waals surface area (Å²) in [7, 11) is 2.12. The van der Waals surface area contributed by atoms with Crippen molar-refractivity contribution in [3.8, 4) is 0 Å². The van der Waals surface area contributed by atoms with Crippen LogP contribution in [-0.2, 0) is 4.79 Å². The SMILES string of the molecule is CN1CCCC(CC(=O)Nc2cccc(Br)c2)C1. The predicted molar refractivity (Wildman–Crippen MR) is 77.6 cm³/mol. The van der Waals surface area contributed by atoms with Crippen molar-refractivity contribution in [2.75, 3.05) is 25.5 Å². The van der Waals surface area contributed by atoms with Crippen LogP contribution in [0, 0.1) is 5.92 Å². The zero-order chi connectivity index (χ0) is 13.0. The van der Waals surface area contributed by atoms with E-state index in [0.717, 1.165) is 29.7 Å². The number of benzene rings is 1. The number of carbonyl (C=O) groups excluding carboxylic acids is 1. The van der Waals surface area contributed by atoms with Crippen LogP contribution in [0.5, 0.6) is 0 Å². The number of hydrogen-bond donors (Lipinski definition) is 1. The lowest BCUT2D eigenvalue weighted by atomic mass is 9.95. The van der Waals surface area contributed by atoms with Crippen molar-refractivity contribution < 1.29 is 4.79 Å². The third-order valence-electron chi connectivity index (χ3n) is 3.30. The second-order valence-electron chi connectivity index (χ2n) is 5.03. The Morgan fingerprint density at radius 3 is 3.11 bits per heavy atom. The Bertz CT molecular complexity index is 422. The second kappa shape index (κ2) is 6.34. The molecule has 0 bridgehead atoms. The number of piperidine rings is 1. The van der Waals surface area contributed by atoms with E-state index in [1.165, 1.54) is 6.42 Å². The van der Waals surface area contributed by atoms with Gasteiger partial charge in [0.1, 0.15) is 0 Å². The zero-order valence-electron chi connectivity index (χ0n) is 10.7. The third-order valence-corrected chi connectivity index (χ3v) is 3.80. The summed E-state index contributed by atoms with van der Waals surface area (Å²) in [5.74, 6) is 0.615. The van der Waals surface area contributed by atoms with Gasteiger partial charge in [-0.25, -0.2) is 0 Å². The van der Waals surface area contributed by atoms with E-state index in [-0.39, 0.29) is 5.91 Å². The van der Waals surface area contributed by atoms with Gasteiger partial charge in [0.2, 0.25) is 5.91 Å². The monoisotopic (exact) mass is 310 g/mol. The summed E-state index contributed by atoms with van der Waals surface area (Å²) < 4.78 is 0.984. The molecular weight excluding hydrogens is 292 g/mol. The molecule has 98 valence electrons. The van der Waals surface area contributed by atoms with E-state index < -0.39 is 0 Å². The highest BCUT2D eigenvalue weighted by atomic mass is 79.9. The van der Waals surface area contributed by atoms with Crippen LogP contribution in [-0.4, -0.2) is 30.9 Å². The molecule has 1 aliphatic heterocycles. The molecule has 0 aliphatic carbocycles. The van der Waals surface area contributed by atoms with Gasteiger partial charge < -0.3 is 10.2 Å². The summed E-state index contributed by atoms with van der Waals surface area (Å²) in [6.45, 7) is 2.19. The van der Waals surface area contributed by atoms with E-state index in [1.54, 1.807) is 0 Å². The predicted octanol–water partition coefficient (Wildman–Crippen LogP) is 3.12. The van der Waals surface area contributed by atoms with Crippen LogP contribution in [0.2, 0.25) is 0 Å². The van der Waals surface area contributed by atoms with Gasteiger partial charge in [0.25, 0.3) is 0 Å². The number of nitrogens with zero attached hydrogens (tertiary/aromatic N) is 1. The average Bonchev–Trinajstić information content (AvgIpc) is 2.28. The maximum atomic E-state index is 12.0. The molecule has 3 nitrogen and oxygen atoms in total. The van der Waals surface area contributed by atoms with Gasteiger partial charge in [-0.3, -0.25) is 4.79 Å². The molecule has 1 fully saturated rings. The summed E-state index contributed by atoms with van der Waals surface area (Å²) >= 11 is 3.40. The molecule has 4 heteroatoms. The number of hydrogen-bond acceptors (Lipinski definition) is 2. The molecule has 1 atom stereocenters. The van der Waals surface area contributed by atoms with Crippen molar-refractivity contribution in [1.82, 2.24) is 4.90 Å². The fourth-order valence-electron chi connectivity index (χ4n) is 2.48. The van der Waals surface area contributed by atoms with Crippen molar-refractivity contribution >= 4 is 27.5 Å². The van der Waals surface area contributed by atoms with Crippen LogP contribution in [0.1, 0.15) is 19.3 Å². The number of likely N-dealkylation sites (tertiary alicyclic amines) is 1. The van der Waals surface area contributed by atoms with Gasteiger partial charge >= 0.3 is 0 Å². The van der Waals surface area contributed by atoms with Crippen LogP contribution in [0.4, 0.5) is 5.69 Å².